The van der Waals surface area contributed by atoms with Crippen LogP contribution < -0.4 is 4.74 Å². The number of rotatable bonds is 3. The van der Waals surface area contributed by atoms with E-state index in [1.165, 1.54) is 7.11 Å². The third kappa shape index (κ3) is 2.18. The smallest absolute Gasteiger partial charge is 0.360 e. The van der Waals surface area contributed by atoms with E-state index in [0.717, 1.165) is 13.2 Å². The summed E-state index contributed by atoms with van der Waals surface area (Å²) in [5.41, 5.74) is -1.27. The first-order chi connectivity index (χ1) is 7.51. The molecule has 0 fully saturated rings. The highest BCUT2D eigenvalue weighted by Gasteiger charge is 2.22. The third-order valence-corrected chi connectivity index (χ3v) is 1.80. The Morgan fingerprint density at radius 3 is 2.56 bits per heavy atom. The lowest BCUT2D eigenvalue weighted by atomic mass is 10.2. The molecule has 0 aliphatic carbocycles. The molecule has 0 saturated carbocycles. The number of carbonyl (C=O) groups excluding carboxylic acids is 1. The van der Waals surface area contributed by atoms with Crippen molar-refractivity contribution >= 4 is 5.97 Å². The van der Waals surface area contributed by atoms with Crippen LogP contribution in [-0.4, -0.2) is 30.3 Å². The van der Waals surface area contributed by atoms with Gasteiger partial charge >= 0.3 is 5.97 Å². The highest BCUT2D eigenvalue weighted by atomic mass is 19.3. The van der Waals surface area contributed by atoms with Gasteiger partial charge in [0, 0.05) is 6.07 Å². The van der Waals surface area contributed by atoms with Crippen molar-refractivity contribution in [1.82, 2.24) is 4.98 Å². The van der Waals surface area contributed by atoms with Gasteiger partial charge in [-0.1, -0.05) is 0 Å². The molecule has 88 valence electrons. The van der Waals surface area contributed by atoms with E-state index in [2.05, 4.69) is 14.5 Å². The predicted molar refractivity (Wildman–Crippen MR) is 48.8 cm³/mol. The molecule has 1 aromatic heterocycles. The molecule has 16 heavy (non-hydrogen) atoms. The van der Waals surface area contributed by atoms with Crippen LogP contribution in [0.4, 0.5) is 8.78 Å². The summed E-state index contributed by atoms with van der Waals surface area (Å²) in [5.74, 6) is -1.90. The molecule has 1 rings (SSSR count). The normalized spacial score (nSPS) is 10.3. The van der Waals surface area contributed by atoms with Gasteiger partial charge in [-0.25, -0.2) is 18.6 Å². The number of carbonyl (C=O) groups is 1. The van der Waals surface area contributed by atoms with Crippen molar-refractivity contribution in [2.24, 2.45) is 0 Å². The van der Waals surface area contributed by atoms with Crippen molar-refractivity contribution in [3.8, 4) is 11.5 Å². The molecule has 5 nitrogen and oxygen atoms in total. The van der Waals surface area contributed by atoms with E-state index < -0.39 is 29.5 Å². The first kappa shape index (κ1) is 12.2. The summed E-state index contributed by atoms with van der Waals surface area (Å²) < 4.78 is 33.8. The van der Waals surface area contributed by atoms with Crippen LogP contribution in [0.5, 0.6) is 11.5 Å². The fraction of sp³-hybridized carbons (Fsp3) is 0.333. The number of methoxy groups -OCH3 is 2. The highest BCUT2D eigenvalue weighted by Crippen LogP contribution is 2.32. The maximum Gasteiger partial charge on any atom is 0.360 e. The van der Waals surface area contributed by atoms with Gasteiger partial charge in [-0.3, -0.25) is 0 Å². The minimum atomic E-state index is -2.88. The van der Waals surface area contributed by atoms with Crippen molar-refractivity contribution in [3.05, 3.63) is 17.5 Å². The van der Waals surface area contributed by atoms with E-state index in [1.807, 2.05) is 0 Å². The molecule has 1 aromatic rings. The van der Waals surface area contributed by atoms with Crippen molar-refractivity contribution in [2.75, 3.05) is 14.2 Å². The zero-order valence-corrected chi connectivity index (χ0v) is 8.53. The van der Waals surface area contributed by atoms with E-state index in [-0.39, 0.29) is 5.75 Å². The highest BCUT2D eigenvalue weighted by molar-refractivity contribution is 5.91. The van der Waals surface area contributed by atoms with Gasteiger partial charge in [0.05, 0.1) is 14.2 Å². The minimum Gasteiger partial charge on any atom is -0.503 e. The van der Waals surface area contributed by atoms with Gasteiger partial charge in [-0.2, -0.15) is 0 Å². The number of ether oxygens (including phenoxy) is 2. The Hall–Kier alpha value is -1.92. The summed E-state index contributed by atoms with van der Waals surface area (Å²) >= 11 is 0. The maximum atomic E-state index is 12.4. The van der Waals surface area contributed by atoms with Crippen molar-refractivity contribution in [1.29, 1.82) is 0 Å². The monoisotopic (exact) mass is 233 g/mol. The lowest BCUT2D eigenvalue weighted by Gasteiger charge is -2.09. The molecule has 0 aliphatic heterocycles. The van der Waals surface area contributed by atoms with Crippen molar-refractivity contribution < 1.29 is 28.2 Å². The second-order valence-electron chi connectivity index (χ2n) is 2.74. The summed E-state index contributed by atoms with van der Waals surface area (Å²) in [6.07, 6.45) is -2.88. The Morgan fingerprint density at radius 2 is 2.12 bits per heavy atom. The SMILES string of the molecule is COC(=O)c1nc(C(F)F)cc(OC)c1O. The summed E-state index contributed by atoms with van der Waals surface area (Å²) in [7, 11) is 2.22. The largest absolute Gasteiger partial charge is 0.503 e. The Bertz CT molecular complexity index is 409. The van der Waals surface area contributed by atoms with Gasteiger partial charge in [-0.15, -0.1) is 0 Å². The average Bonchev–Trinajstić information content (AvgIpc) is 2.28. The molecular formula is C9H9F2NO4. The van der Waals surface area contributed by atoms with E-state index in [0.29, 0.717) is 0 Å². The lowest BCUT2D eigenvalue weighted by Crippen LogP contribution is -2.08. The fourth-order valence-corrected chi connectivity index (χ4v) is 1.04. The fourth-order valence-electron chi connectivity index (χ4n) is 1.04. The number of nitrogens with zero attached hydrogens (tertiary/aromatic N) is 1. The van der Waals surface area contributed by atoms with Gasteiger partial charge in [0.15, 0.2) is 17.2 Å². The molecule has 0 saturated heterocycles. The molecule has 0 spiro atoms. The van der Waals surface area contributed by atoms with E-state index in [4.69, 9.17) is 0 Å². The number of hydrogen-bond donors (Lipinski definition) is 1. The number of halogens is 2. The Kier molecular flexibility index (Phi) is 3.60. The molecule has 0 aliphatic rings. The molecule has 1 heterocycles. The summed E-state index contributed by atoms with van der Waals surface area (Å²) in [4.78, 5) is 14.4. The van der Waals surface area contributed by atoms with Gasteiger partial charge in [0.2, 0.25) is 0 Å². The van der Waals surface area contributed by atoms with Crippen LogP contribution in [0.15, 0.2) is 6.07 Å². The number of esters is 1. The minimum absolute atomic E-state index is 0.259. The number of alkyl halides is 2. The number of aromatic hydroxyl groups is 1. The zero-order valence-electron chi connectivity index (χ0n) is 8.53. The first-order valence-corrected chi connectivity index (χ1v) is 4.15. The summed E-state index contributed by atoms with van der Waals surface area (Å²) in [5, 5.41) is 9.46. The van der Waals surface area contributed by atoms with Crippen molar-refractivity contribution in [3.63, 3.8) is 0 Å². The lowest BCUT2D eigenvalue weighted by molar-refractivity contribution is 0.0587. The van der Waals surface area contributed by atoms with Crippen LogP contribution in [0.1, 0.15) is 22.6 Å². The molecule has 7 heteroatoms. The summed E-state index contributed by atoms with van der Waals surface area (Å²) in [6.45, 7) is 0. The second-order valence-corrected chi connectivity index (χ2v) is 2.74. The first-order valence-electron chi connectivity index (χ1n) is 4.15. The van der Waals surface area contributed by atoms with Crippen molar-refractivity contribution in [2.45, 2.75) is 6.43 Å². The average molecular weight is 233 g/mol. The Morgan fingerprint density at radius 1 is 1.50 bits per heavy atom. The molecule has 0 bridgehead atoms. The predicted octanol–water partition coefficient (Wildman–Crippen LogP) is 1.52. The van der Waals surface area contributed by atoms with Crippen LogP contribution >= 0.6 is 0 Å². The topological polar surface area (TPSA) is 68.7 Å². The third-order valence-electron chi connectivity index (χ3n) is 1.80. The molecule has 1 N–H and O–H groups in total. The van der Waals surface area contributed by atoms with E-state index in [9.17, 15) is 18.7 Å². The standard InChI is InChI=1S/C9H9F2NO4/c1-15-5-3-4(8(10)11)12-6(7(5)13)9(14)16-2/h3,8,13H,1-2H3. The van der Waals surface area contributed by atoms with Gasteiger partial charge in [0.25, 0.3) is 6.43 Å². The molecular weight excluding hydrogens is 224 g/mol. The number of aromatic nitrogens is 1. The van der Waals surface area contributed by atoms with Crippen LogP contribution in [0.2, 0.25) is 0 Å². The van der Waals surface area contributed by atoms with Crippen LogP contribution in [0, 0.1) is 0 Å². The molecule has 0 atom stereocenters. The number of pyridine rings is 1. The molecule has 0 radical (unpaired) electrons. The molecule has 0 unspecified atom stereocenters. The van der Waals surface area contributed by atoms with Gasteiger partial charge < -0.3 is 14.6 Å². The Labute approximate surface area is 89.6 Å². The van der Waals surface area contributed by atoms with Crippen LogP contribution in [0.3, 0.4) is 0 Å². The maximum absolute atomic E-state index is 12.4. The molecule has 0 aromatic carbocycles. The number of hydrogen-bond acceptors (Lipinski definition) is 5. The zero-order chi connectivity index (χ0) is 12.3. The molecule has 0 amide bonds. The van der Waals surface area contributed by atoms with Crippen LogP contribution in [0.25, 0.3) is 0 Å². The van der Waals surface area contributed by atoms with Crippen LogP contribution in [-0.2, 0) is 4.74 Å². The quantitative estimate of drug-likeness (QED) is 0.801. The van der Waals surface area contributed by atoms with E-state index >= 15 is 0 Å². The van der Waals surface area contributed by atoms with Gasteiger partial charge in [0.1, 0.15) is 5.69 Å². The Balaban J connectivity index is 3.35. The van der Waals surface area contributed by atoms with E-state index in [1.54, 1.807) is 0 Å². The van der Waals surface area contributed by atoms with Gasteiger partial charge in [-0.05, 0) is 0 Å². The summed E-state index contributed by atoms with van der Waals surface area (Å²) in [6, 6.07) is 0.854. The second kappa shape index (κ2) is 4.73.